The maximum atomic E-state index is 4.21. The average molecular weight is 225 g/mol. The fourth-order valence-electron chi connectivity index (χ4n) is 2.66. The van der Waals surface area contributed by atoms with Crippen molar-refractivity contribution in [1.82, 2.24) is 10.6 Å². The van der Waals surface area contributed by atoms with Gasteiger partial charge in [0.05, 0.1) is 0 Å². The van der Waals surface area contributed by atoms with Gasteiger partial charge in [0.15, 0.2) is 5.96 Å². The van der Waals surface area contributed by atoms with Gasteiger partial charge in [-0.15, -0.1) is 0 Å². The third-order valence-electron chi connectivity index (χ3n) is 3.45. The molecule has 1 fully saturated rings. The van der Waals surface area contributed by atoms with Gasteiger partial charge >= 0.3 is 0 Å². The highest BCUT2D eigenvalue weighted by atomic mass is 15.2. The topological polar surface area (TPSA) is 36.4 Å². The monoisotopic (exact) mass is 225 g/mol. The molecule has 0 radical (unpaired) electrons. The van der Waals surface area contributed by atoms with Crippen LogP contribution >= 0.6 is 0 Å². The van der Waals surface area contributed by atoms with Crippen LogP contribution in [0.3, 0.4) is 0 Å². The van der Waals surface area contributed by atoms with Crippen LogP contribution in [-0.4, -0.2) is 26.1 Å². The van der Waals surface area contributed by atoms with Gasteiger partial charge in [0.2, 0.25) is 0 Å². The van der Waals surface area contributed by atoms with Crippen molar-refractivity contribution in [1.29, 1.82) is 0 Å². The summed E-state index contributed by atoms with van der Waals surface area (Å²) < 4.78 is 0. The molecule has 0 atom stereocenters. The van der Waals surface area contributed by atoms with Crippen molar-refractivity contribution in [3.63, 3.8) is 0 Å². The van der Waals surface area contributed by atoms with Gasteiger partial charge in [-0.25, -0.2) is 0 Å². The van der Waals surface area contributed by atoms with E-state index in [9.17, 15) is 0 Å². The molecule has 1 aliphatic rings. The third-order valence-corrected chi connectivity index (χ3v) is 3.45. The summed E-state index contributed by atoms with van der Waals surface area (Å²) in [5, 5.41) is 6.70. The fraction of sp³-hybridized carbons (Fsp3) is 0.923. The van der Waals surface area contributed by atoms with Crippen molar-refractivity contribution in [2.45, 2.75) is 46.5 Å². The molecule has 0 aromatic heterocycles. The highest BCUT2D eigenvalue weighted by molar-refractivity contribution is 5.79. The van der Waals surface area contributed by atoms with E-state index >= 15 is 0 Å². The average Bonchev–Trinajstić information content (AvgIpc) is 2.19. The van der Waals surface area contributed by atoms with Crippen LogP contribution in [0.5, 0.6) is 0 Å². The minimum Gasteiger partial charge on any atom is -0.357 e. The number of nitrogens with zero attached hydrogens (tertiary/aromatic N) is 1. The molecular formula is C13H27N3. The molecular weight excluding hydrogens is 198 g/mol. The van der Waals surface area contributed by atoms with Gasteiger partial charge < -0.3 is 10.6 Å². The van der Waals surface area contributed by atoms with E-state index in [0.717, 1.165) is 25.0 Å². The molecule has 0 amide bonds. The van der Waals surface area contributed by atoms with Gasteiger partial charge in [0, 0.05) is 20.1 Å². The van der Waals surface area contributed by atoms with Gasteiger partial charge in [-0.05, 0) is 37.5 Å². The number of hydrogen-bond donors (Lipinski definition) is 2. The first-order chi connectivity index (χ1) is 7.62. The van der Waals surface area contributed by atoms with E-state index in [1.165, 1.54) is 25.7 Å². The zero-order valence-electron chi connectivity index (χ0n) is 11.3. The Morgan fingerprint density at radius 1 is 1.31 bits per heavy atom. The Hall–Kier alpha value is -0.730. The lowest BCUT2D eigenvalue weighted by Gasteiger charge is -2.43. The summed E-state index contributed by atoms with van der Waals surface area (Å²) in [5.41, 5.74) is 0.541. The lowest BCUT2D eigenvalue weighted by atomic mass is 9.64. The summed E-state index contributed by atoms with van der Waals surface area (Å²) in [6.45, 7) is 8.74. The molecule has 0 unspecified atom stereocenters. The molecule has 0 saturated heterocycles. The molecule has 1 saturated carbocycles. The van der Waals surface area contributed by atoms with Gasteiger partial charge in [0.25, 0.3) is 0 Å². The number of aliphatic imine (C=N–C) groups is 1. The van der Waals surface area contributed by atoms with E-state index in [0.29, 0.717) is 5.41 Å². The molecule has 0 aliphatic heterocycles. The first kappa shape index (κ1) is 13.3. The minimum atomic E-state index is 0.541. The van der Waals surface area contributed by atoms with E-state index in [-0.39, 0.29) is 0 Å². The molecule has 0 aromatic carbocycles. The van der Waals surface area contributed by atoms with Crippen molar-refractivity contribution < 1.29 is 0 Å². The molecule has 3 heteroatoms. The predicted molar refractivity (Wildman–Crippen MR) is 70.8 cm³/mol. The van der Waals surface area contributed by atoms with Gasteiger partial charge in [-0.3, -0.25) is 4.99 Å². The van der Waals surface area contributed by atoms with Gasteiger partial charge in [0.1, 0.15) is 0 Å². The predicted octanol–water partition coefficient (Wildman–Crippen LogP) is 2.39. The molecule has 0 aromatic rings. The third kappa shape index (κ3) is 3.69. The molecule has 3 nitrogen and oxygen atoms in total. The highest BCUT2D eigenvalue weighted by Crippen LogP contribution is 2.45. The fourth-order valence-corrected chi connectivity index (χ4v) is 2.66. The van der Waals surface area contributed by atoms with Crippen molar-refractivity contribution >= 4 is 5.96 Å². The summed E-state index contributed by atoms with van der Waals surface area (Å²) in [5.74, 6) is 1.74. The van der Waals surface area contributed by atoms with Gasteiger partial charge in [-0.2, -0.15) is 0 Å². The van der Waals surface area contributed by atoms with Crippen LogP contribution in [0.25, 0.3) is 0 Å². The molecule has 1 rings (SSSR count). The molecule has 1 aliphatic carbocycles. The minimum absolute atomic E-state index is 0.541. The van der Waals surface area contributed by atoms with Crippen LogP contribution in [0.2, 0.25) is 0 Å². The number of hydrogen-bond acceptors (Lipinski definition) is 1. The Morgan fingerprint density at radius 3 is 2.38 bits per heavy atom. The van der Waals surface area contributed by atoms with Crippen LogP contribution in [-0.2, 0) is 0 Å². The molecule has 16 heavy (non-hydrogen) atoms. The second-order valence-corrected chi connectivity index (χ2v) is 5.41. The maximum absolute atomic E-state index is 4.21. The van der Waals surface area contributed by atoms with Gasteiger partial charge in [-0.1, -0.05) is 20.3 Å². The highest BCUT2D eigenvalue weighted by Gasteiger charge is 2.37. The largest absolute Gasteiger partial charge is 0.357 e. The van der Waals surface area contributed by atoms with Crippen molar-refractivity contribution in [2.75, 3.05) is 20.1 Å². The smallest absolute Gasteiger partial charge is 0.190 e. The van der Waals surface area contributed by atoms with Crippen LogP contribution in [0.1, 0.15) is 46.5 Å². The van der Waals surface area contributed by atoms with Crippen molar-refractivity contribution in [3.05, 3.63) is 0 Å². The van der Waals surface area contributed by atoms with E-state index < -0.39 is 0 Å². The summed E-state index contributed by atoms with van der Waals surface area (Å²) in [6.07, 6.45) is 5.49. The maximum Gasteiger partial charge on any atom is 0.190 e. The van der Waals surface area contributed by atoms with Crippen LogP contribution < -0.4 is 10.6 Å². The zero-order valence-corrected chi connectivity index (χ0v) is 11.3. The Morgan fingerprint density at radius 2 is 2.00 bits per heavy atom. The normalized spacial score (nSPS) is 19.4. The summed E-state index contributed by atoms with van der Waals surface area (Å²) in [7, 11) is 1.83. The number of guanidine groups is 1. The summed E-state index contributed by atoms with van der Waals surface area (Å²) in [4.78, 5) is 4.21. The zero-order chi connectivity index (χ0) is 12.0. The van der Waals surface area contributed by atoms with Crippen LogP contribution in [0, 0.1) is 11.3 Å². The molecule has 0 bridgehead atoms. The molecule has 94 valence electrons. The second-order valence-electron chi connectivity index (χ2n) is 5.41. The lowest BCUT2D eigenvalue weighted by molar-refractivity contribution is 0.104. The Kier molecular flexibility index (Phi) is 5.10. The molecule has 2 N–H and O–H groups in total. The lowest BCUT2D eigenvalue weighted by Crippen LogP contribution is -2.46. The first-order valence-electron chi connectivity index (χ1n) is 6.56. The molecule has 0 heterocycles. The summed E-state index contributed by atoms with van der Waals surface area (Å²) in [6, 6.07) is 0. The SMILES string of the molecule is CCNC(=NC)NCC1(CC(C)C)CCC1. The summed E-state index contributed by atoms with van der Waals surface area (Å²) >= 11 is 0. The number of rotatable bonds is 5. The van der Waals surface area contributed by atoms with Crippen LogP contribution in [0.15, 0.2) is 4.99 Å². The van der Waals surface area contributed by atoms with E-state index in [2.05, 4.69) is 36.4 Å². The van der Waals surface area contributed by atoms with Crippen molar-refractivity contribution in [2.24, 2.45) is 16.3 Å². The Balaban J connectivity index is 2.39. The van der Waals surface area contributed by atoms with Crippen LogP contribution in [0.4, 0.5) is 0 Å². The first-order valence-corrected chi connectivity index (χ1v) is 6.56. The standard InChI is InChI=1S/C13H27N3/c1-5-15-12(14-4)16-10-13(7-6-8-13)9-11(2)3/h11H,5-10H2,1-4H3,(H2,14,15,16). The quantitative estimate of drug-likeness (QED) is 0.557. The van der Waals surface area contributed by atoms with Crippen molar-refractivity contribution in [3.8, 4) is 0 Å². The second kappa shape index (κ2) is 6.12. The van der Waals surface area contributed by atoms with E-state index in [1.54, 1.807) is 0 Å². The molecule has 0 spiro atoms. The van der Waals surface area contributed by atoms with E-state index in [4.69, 9.17) is 0 Å². The Labute approximate surface area is 100 Å². The van der Waals surface area contributed by atoms with E-state index in [1.807, 2.05) is 7.05 Å². The Bertz CT molecular complexity index is 229. The number of nitrogens with one attached hydrogen (secondary N) is 2.